The van der Waals surface area contributed by atoms with Gasteiger partial charge in [0.05, 0.1) is 29.6 Å². The summed E-state index contributed by atoms with van der Waals surface area (Å²) in [6, 6.07) is 3.73. The zero-order valence-corrected chi connectivity index (χ0v) is 11.3. The molecule has 0 radical (unpaired) electrons. The number of fused-ring (bicyclic) bond motifs is 1. The third-order valence-corrected chi connectivity index (χ3v) is 3.70. The first-order chi connectivity index (χ1) is 9.92. The smallest absolute Gasteiger partial charge is 0.397 e. The Morgan fingerprint density at radius 3 is 2.57 bits per heavy atom. The number of nitrogens with one attached hydrogen (secondary N) is 1. The van der Waals surface area contributed by atoms with Crippen LogP contribution in [0.4, 0.5) is 24.5 Å². The number of piperazine rings is 1. The molecule has 21 heavy (non-hydrogen) atoms. The number of aromatic amines is 1. The maximum atomic E-state index is 12.4. The van der Waals surface area contributed by atoms with E-state index in [0.717, 1.165) is 16.6 Å². The van der Waals surface area contributed by atoms with E-state index in [2.05, 4.69) is 10.2 Å². The summed E-state index contributed by atoms with van der Waals surface area (Å²) >= 11 is 0. The second kappa shape index (κ2) is 5.10. The Kier molecular flexibility index (Phi) is 3.40. The van der Waals surface area contributed by atoms with Gasteiger partial charge in [-0.15, -0.1) is 0 Å². The molecule has 1 fully saturated rings. The van der Waals surface area contributed by atoms with Crippen molar-refractivity contribution in [3.05, 3.63) is 18.3 Å². The van der Waals surface area contributed by atoms with Crippen LogP contribution < -0.4 is 10.6 Å². The molecule has 2 aromatic rings. The molecule has 0 atom stereocenters. The van der Waals surface area contributed by atoms with E-state index < -0.39 is 12.7 Å². The number of nitrogens with zero attached hydrogens (tertiary/aromatic N) is 3. The lowest BCUT2D eigenvalue weighted by atomic mass is 10.1. The molecule has 5 nitrogen and oxygen atoms in total. The molecular formula is C13H16F3N5. The van der Waals surface area contributed by atoms with Crippen LogP contribution in [0.2, 0.25) is 0 Å². The van der Waals surface area contributed by atoms with E-state index in [1.807, 2.05) is 17.0 Å². The summed E-state index contributed by atoms with van der Waals surface area (Å²) < 4.78 is 37.1. The number of nitrogens with two attached hydrogens (primary N) is 1. The maximum Gasteiger partial charge on any atom is 0.401 e. The van der Waals surface area contributed by atoms with E-state index in [1.165, 1.54) is 4.90 Å². The van der Waals surface area contributed by atoms with Crippen molar-refractivity contribution in [3.8, 4) is 0 Å². The van der Waals surface area contributed by atoms with E-state index in [1.54, 1.807) is 6.20 Å². The Balaban J connectivity index is 1.72. The van der Waals surface area contributed by atoms with Crippen LogP contribution in [0.15, 0.2) is 18.3 Å². The van der Waals surface area contributed by atoms with Gasteiger partial charge in [0.15, 0.2) is 0 Å². The van der Waals surface area contributed by atoms with Gasteiger partial charge in [0.25, 0.3) is 0 Å². The van der Waals surface area contributed by atoms with Crippen LogP contribution in [0, 0.1) is 0 Å². The predicted octanol–water partition coefficient (Wildman–Crippen LogP) is 1.83. The Morgan fingerprint density at radius 1 is 1.19 bits per heavy atom. The number of halogens is 3. The fourth-order valence-electron chi connectivity index (χ4n) is 2.67. The number of rotatable bonds is 2. The van der Waals surface area contributed by atoms with Gasteiger partial charge in [0.2, 0.25) is 0 Å². The van der Waals surface area contributed by atoms with Crippen LogP contribution in [-0.2, 0) is 0 Å². The molecule has 1 aromatic carbocycles. The lowest BCUT2D eigenvalue weighted by molar-refractivity contribution is -0.146. The van der Waals surface area contributed by atoms with Crippen LogP contribution in [-0.4, -0.2) is 54.0 Å². The molecule has 2 heterocycles. The van der Waals surface area contributed by atoms with Crippen LogP contribution in [0.1, 0.15) is 0 Å². The van der Waals surface area contributed by atoms with Gasteiger partial charge in [0, 0.05) is 31.6 Å². The van der Waals surface area contributed by atoms with Crippen LogP contribution in [0.3, 0.4) is 0 Å². The Hall–Kier alpha value is -1.96. The van der Waals surface area contributed by atoms with Gasteiger partial charge in [-0.3, -0.25) is 10.00 Å². The summed E-state index contributed by atoms with van der Waals surface area (Å²) in [5, 5.41) is 7.75. The lowest BCUT2D eigenvalue weighted by Gasteiger charge is -2.36. The Morgan fingerprint density at radius 2 is 1.90 bits per heavy atom. The number of H-pyrrole nitrogens is 1. The number of alkyl halides is 3. The molecule has 0 bridgehead atoms. The molecule has 0 aliphatic carbocycles. The van der Waals surface area contributed by atoms with E-state index >= 15 is 0 Å². The van der Waals surface area contributed by atoms with E-state index in [4.69, 9.17) is 5.73 Å². The molecule has 0 spiro atoms. The lowest BCUT2D eigenvalue weighted by Crippen LogP contribution is -2.49. The minimum atomic E-state index is -4.14. The van der Waals surface area contributed by atoms with Gasteiger partial charge in [0.1, 0.15) is 0 Å². The summed E-state index contributed by atoms with van der Waals surface area (Å²) in [6.45, 7) is 0.954. The van der Waals surface area contributed by atoms with Gasteiger partial charge >= 0.3 is 6.18 Å². The van der Waals surface area contributed by atoms with Gasteiger partial charge in [-0.1, -0.05) is 0 Å². The molecule has 1 aromatic heterocycles. The highest BCUT2D eigenvalue weighted by molar-refractivity contribution is 5.88. The fraction of sp³-hybridized carbons (Fsp3) is 0.462. The molecular weight excluding hydrogens is 283 g/mol. The standard InChI is InChI=1S/C13H16F3N5/c14-13(15,16)8-20-1-3-21(4-2-20)12-6-11-9(5-10(12)17)7-18-19-11/h5-7H,1-4,8,17H2,(H,18,19). The Bertz CT molecular complexity index is 628. The van der Waals surface area contributed by atoms with Crippen molar-refractivity contribution >= 4 is 22.3 Å². The summed E-state index contributed by atoms with van der Waals surface area (Å²) in [4.78, 5) is 3.43. The summed E-state index contributed by atoms with van der Waals surface area (Å²) in [5.41, 5.74) is 8.37. The van der Waals surface area contributed by atoms with Crippen LogP contribution >= 0.6 is 0 Å². The quantitative estimate of drug-likeness (QED) is 0.831. The van der Waals surface area contributed by atoms with Crippen molar-refractivity contribution < 1.29 is 13.2 Å². The topological polar surface area (TPSA) is 61.2 Å². The number of anilines is 2. The van der Waals surface area contributed by atoms with Gasteiger partial charge in [-0.05, 0) is 12.1 Å². The summed E-state index contributed by atoms with van der Waals surface area (Å²) in [5.74, 6) is 0. The molecule has 8 heteroatoms. The largest absolute Gasteiger partial charge is 0.401 e. The zero-order chi connectivity index (χ0) is 15.0. The highest BCUT2D eigenvalue weighted by Gasteiger charge is 2.32. The van der Waals surface area contributed by atoms with Crippen molar-refractivity contribution in [1.29, 1.82) is 0 Å². The molecule has 0 unspecified atom stereocenters. The van der Waals surface area contributed by atoms with E-state index in [9.17, 15) is 13.2 Å². The van der Waals surface area contributed by atoms with Crippen LogP contribution in [0.5, 0.6) is 0 Å². The first-order valence-corrected chi connectivity index (χ1v) is 6.69. The van der Waals surface area contributed by atoms with E-state index in [-0.39, 0.29) is 0 Å². The molecule has 0 amide bonds. The van der Waals surface area contributed by atoms with Gasteiger partial charge in [-0.25, -0.2) is 0 Å². The minimum Gasteiger partial charge on any atom is -0.397 e. The molecule has 1 saturated heterocycles. The summed E-state index contributed by atoms with van der Waals surface area (Å²) in [6.07, 6.45) is -2.45. The fourth-order valence-corrected chi connectivity index (χ4v) is 2.67. The molecule has 3 rings (SSSR count). The molecule has 114 valence electrons. The van der Waals surface area contributed by atoms with Crippen molar-refractivity contribution in [3.63, 3.8) is 0 Å². The average molecular weight is 299 g/mol. The second-order valence-electron chi connectivity index (χ2n) is 5.25. The number of aromatic nitrogens is 2. The normalized spacial score (nSPS) is 17.6. The zero-order valence-electron chi connectivity index (χ0n) is 11.3. The van der Waals surface area contributed by atoms with Crippen molar-refractivity contribution in [2.24, 2.45) is 0 Å². The molecule has 0 saturated carbocycles. The predicted molar refractivity (Wildman–Crippen MR) is 75.2 cm³/mol. The molecule has 1 aliphatic rings. The maximum absolute atomic E-state index is 12.4. The Labute approximate surface area is 119 Å². The number of hydrogen-bond donors (Lipinski definition) is 2. The molecule has 3 N–H and O–H groups in total. The number of benzene rings is 1. The third kappa shape index (κ3) is 3.05. The van der Waals surface area contributed by atoms with Crippen molar-refractivity contribution in [2.45, 2.75) is 6.18 Å². The SMILES string of the molecule is Nc1cc2cn[nH]c2cc1N1CCN(CC(F)(F)F)CC1. The van der Waals surface area contributed by atoms with E-state index in [0.29, 0.717) is 31.9 Å². The molecule has 1 aliphatic heterocycles. The number of nitrogen functional groups attached to an aromatic ring is 1. The van der Waals surface area contributed by atoms with Crippen LogP contribution in [0.25, 0.3) is 10.9 Å². The van der Waals surface area contributed by atoms with Gasteiger partial charge in [-0.2, -0.15) is 18.3 Å². The summed E-state index contributed by atoms with van der Waals surface area (Å²) in [7, 11) is 0. The first kappa shape index (κ1) is 14.0. The highest BCUT2D eigenvalue weighted by atomic mass is 19.4. The highest BCUT2D eigenvalue weighted by Crippen LogP contribution is 2.29. The van der Waals surface area contributed by atoms with Crippen molar-refractivity contribution in [1.82, 2.24) is 15.1 Å². The second-order valence-corrected chi connectivity index (χ2v) is 5.25. The first-order valence-electron chi connectivity index (χ1n) is 6.69. The van der Waals surface area contributed by atoms with Crippen molar-refractivity contribution in [2.75, 3.05) is 43.4 Å². The monoisotopic (exact) mass is 299 g/mol. The number of hydrogen-bond acceptors (Lipinski definition) is 4. The minimum absolute atomic E-state index is 0.375. The third-order valence-electron chi connectivity index (χ3n) is 3.70. The van der Waals surface area contributed by atoms with Gasteiger partial charge < -0.3 is 10.6 Å². The average Bonchev–Trinajstić information content (AvgIpc) is 2.84.